The third kappa shape index (κ3) is 4.26. The van der Waals surface area contributed by atoms with E-state index in [4.69, 9.17) is 0 Å². The second-order valence-corrected chi connectivity index (χ2v) is 8.71. The van der Waals surface area contributed by atoms with Crippen molar-refractivity contribution in [2.24, 2.45) is 5.92 Å². The van der Waals surface area contributed by atoms with Gasteiger partial charge in [-0.15, -0.1) is 0 Å². The van der Waals surface area contributed by atoms with Gasteiger partial charge in [-0.2, -0.15) is 18.4 Å². The first kappa shape index (κ1) is 22.7. The zero-order valence-corrected chi connectivity index (χ0v) is 17.8. The Morgan fingerprint density at radius 3 is 2.35 bits per heavy atom. The average Bonchev–Trinajstić information content (AvgIpc) is 3.06. The average molecular weight is 430 g/mol. The fraction of sp³-hybridized carbons (Fsp3) is 0.375. The Morgan fingerprint density at radius 1 is 1.10 bits per heavy atom. The predicted octanol–water partition coefficient (Wildman–Crippen LogP) is 5.94. The van der Waals surface area contributed by atoms with Crippen LogP contribution in [0.2, 0.25) is 0 Å². The summed E-state index contributed by atoms with van der Waals surface area (Å²) in [6, 6.07) is 11.8. The molecule has 7 heteroatoms. The predicted molar refractivity (Wildman–Crippen MR) is 113 cm³/mol. The van der Waals surface area contributed by atoms with Crippen molar-refractivity contribution in [2.75, 3.05) is 0 Å². The van der Waals surface area contributed by atoms with Gasteiger partial charge in [-0.3, -0.25) is 0 Å². The zero-order valence-electron chi connectivity index (χ0n) is 17.8. The van der Waals surface area contributed by atoms with Crippen LogP contribution in [0.15, 0.2) is 36.4 Å². The highest BCUT2D eigenvalue weighted by Gasteiger charge is 2.48. The van der Waals surface area contributed by atoms with Crippen LogP contribution in [-0.4, -0.2) is 21.4 Å². The van der Waals surface area contributed by atoms with Crippen LogP contribution in [0, 0.1) is 31.1 Å². The van der Waals surface area contributed by atoms with Crippen LogP contribution in [0.4, 0.5) is 13.2 Å². The smallest absolute Gasteiger partial charge is 0.394 e. The molecular weight excluding hydrogens is 405 g/mol. The minimum absolute atomic E-state index is 0.0133. The van der Waals surface area contributed by atoms with E-state index in [0.717, 1.165) is 5.56 Å². The number of alkyl halides is 3. The minimum atomic E-state index is -4.71. The Bertz CT molecular complexity index is 1160. The van der Waals surface area contributed by atoms with Crippen molar-refractivity contribution in [3.8, 4) is 11.8 Å². The third-order valence-corrected chi connectivity index (χ3v) is 5.95. The second-order valence-electron chi connectivity index (χ2n) is 8.71. The number of aryl methyl sites for hydroxylation is 2. The van der Waals surface area contributed by atoms with Gasteiger partial charge in [-0.1, -0.05) is 38.1 Å². The van der Waals surface area contributed by atoms with E-state index in [1.165, 1.54) is 6.07 Å². The number of hydrogen-bond acceptors (Lipinski definition) is 3. The standard InChI is InChI=1S/C24H25F3N2O2/c1-13-9-14(2)20(30)10-17(13)23(3,4)11-18(24(25,26)27)22(31)21-16(12-28)15-7-5-6-8-19(15)29-21/h5-10,18,22,29-31H,11H2,1-4H3. The molecule has 0 spiro atoms. The molecule has 1 heterocycles. The number of benzene rings is 2. The number of aromatic hydroxyl groups is 1. The number of nitriles is 1. The maximum atomic E-state index is 14.1. The first-order valence-electron chi connectivity index (χ1n) is 9.93. The molecule has 1 aromatic heterocycles. The van der Waals surface area contributed by atoms with Crippen LogP contribution in [0.3, 0.4) is 0 Å². The van der Waals surface area contributed by atoms with Gasteiger partial charge in [0.05, 0.1) is 17.2 Å². The van der Waals surface area contributed by atoms with Crippen LogP contribution in [0.25, 0.3) is 10.9 Å². The summed E-state index contributed by atoms with van der Waals surface area (Å²) in [5.41, 5.74) is 1.35. The van der Waals surface area contributed by atoms with Gasteiger partial charge in [-0.05, 0) is 54.5 Å². The molecule has 0 aliphatic rings. The molecule has 0 aliphatic heterocycles. The minimum Gasteiger partial charge on any atom is -0.508 e. The van der Waals surface area contributed by atoms with E-state index in [2.05, 4.69) is 4.98 Å². The lowest BCUT2D eigenvalue weighted by atomic mass is 9.73. The summed E-state index contributed by atoms with van der Waals surface area (Å²) in [7, 11) is 0. The number of hydrogen-bond donors (Lipinski definition) is 3. The number of fused-ring (bicyclic) bond motifs is 1. The summed E-state index contributed by atoms with van der Waals surface area (Å²) >= 11 is 0. The molecule has 3 N–H and O–H groups in total. The van der Waals surface area contributed by atoms with Crippen molar-refractivity contribution in [3.05, 3.63) is 64.3 Å². The zero-order chi connectivity index (χ0) is 23.1. The number of nitrogens with zero attached hydrogens (tertiary/aromatic N) is 1. The lowest BCUT2D eigenvalue weighted by molar-refractivity contribution is -0.207. The van der Waals surface area contributed by atoms with E-state index >= 15 is 0 Å². The number of aliphatic hydroxyl groups is 1. The van der Waals surface area contributed by atoms with Gasteiger partial charge in [0.25, 0.3) is 0 Å². The summed E-state index contributed by atoms with van der Waals surface area (Å²) in [6.07, 6.45) is -7.08. The van der Waals surface area contributed by atoms with Crippen LogP contribution >= 0.6 is 0 Å². The molecule has 164 valence electrons. The summed E-state index contributed by atoms with van der Waals surface area (Å²) < 4.78 is 42.4. The molecule has 0 bridgehead atoms. The molecule has 0 aliphatic carbocycles. The Morgan fingerprint density at radius 2 is 1.74 bits per heavy atom. The molecule has 2 atom stereocenters. The quantitative estimate of drug-likeness (QED) is 0.468. The van der Waals surface area contributed by atoms with Gasteiger partial charge in [-0.25, -0.2) is 0 Å². The van der Waals surface area contributed by atoms with Crippen molar-refractivity contribution in [2.45, 2.75) is 51.8 Å². The number of phenolic OH excluding ortho intramolecular Hbond substituents is 1. The Hall–Kier alpha value is -2.98. The summed E-state index contributed by atoms with van der Waals surface area (Å²) in [5.74, 6) is -2.11. The first-order valence-corrected chi connectivity index (χ1v) is 9.93. The van der Waals surface area contributed by atoms with Crippen molar-refractivity contribution in [1.82, 2.24) is 4.98 Å². The molecular formula is C24H25F3N2O2. The normalized spacial score (nSPS) is 14.4. The molecule has 3 rings (SSSR count). The number of rotatable bonds is 5. The van der Waals surface area contributed by atoms with E-state index in [1.807, 2.05) is 6.07 Å². The molecule has 0 radical (unpaired) electrons. The molecule has 0 saturated carbocycles. The van der Waals surface area contributed by atoms with Gasteiger partial charge < -0.3 is 15.2 Å². The first-order chi connectivity index (χ1) is 14.4. The molecule has 31 heavy (non-hydrogen) atoms. The van der Waals surface area contributed by atoms with E-state index < -0.39 is 30.0 Å². The second kappa shape index (κ2) is 7.93. The van der Waals surface area contributed by atoms with Crippen LogP contribution < -0.4 is 0 Å². The third-order valence-electron chi connectivity index (χ3n) is 5.95. The highest BCUT2D eigenvalue weighted by molar-refractivity contribution is 5.87. The highest BCUT2D eigenvalue weighted by atomic mass is 19.4. The summed E-state index contributed by atoms with van der Waals surface area (Å²) in [4.78, 5) is 2.81. The number of para-hydroxylation sites is 1. The highest BCUT2D eigenvalue weighted by Crippen LogP contribution is 2.46. The molecule has 0 fully saturated rings. The Balaban J connectivity index is 2.06. The van der Waals surface area contributed by atoms with Crippen molar-refractivity contribution >= 4 is 10.9 Å². The van der Waals surface area contributed by atoms with Crippen molar-refractivity contribution in [1.29, 1.82) is 5.26 Å². The van der Waals surface area contributed by atoms with Crippen molar-refractivity contribution < 1.29 is 23.4 Å². The van der Waals surface area contributed by atoms with Crippen LogP contribution in [0.5, 0.6) is 5.75 Å². The van der Waals surface area contributed by atoms with E-state index in [0.29, 0.717) is 22.0 Å². The Kier molecular flexibility index (Phi) is 5.81. The Labute approximate surface area is 179 Å². The van der Waals surface area contributed by atoms with Crippen molar-refractivity contribution in [3.63, 3.8) is 0 Å². The molecule has 2 unspecified atom stereocenters. The maximum absolute atomic E-state index is 14.1. The topological polar surface area (TPSA) is 80.0 Å². The number of halogens is 3. The molecule has 4 nitrogen and oxygen atoms in total. The number of aliphatic hydroxyl groups excluding tert-OH is 1. The molecule has 2 aromatic carbocycles. The van der Waals surface area contributed by atoms with E-state index in [1.54, 1.807) is 58.0 Å². The van der Waals surface area contributed by atoms with Crippen LogP contribution in [0.1, 0.15) is 54.3 Å². The largest absolute Gasteiger partial charge is 0.508 e. The molecule has 0 saturated heterocycles. The number of phenols is 1. The summed E-state index contributed by atoms with van der Waals surface area (Å²) in [5, 5.41) is 31.0. The number of H-pyrrole nitrogens is 1. The number of aromatic amines is 1. The molecule has 3 aromatic rings. The lowest BCUT2D eigenvalue weighted by Gasteiger charge is -2.35. The number of aromatic nitrogens is 1. The number of nitrogens with one attached hydrogen (secondary N) is 1. The van der Waals surface area contributed by atoms with Gasteiger partial charge in [0.2, 0.25) is 0 Å². The monoisotopic (exact) mass is 430 g/mol. The van der Waals surface area contributed by atoms with Gasteiger partial charge in [0.15, 0.2) is 0 Å². The maximum Gasteiger partial charge on any atom is 0.394 e. The van der Waals surface area contributed by atoms with Gasteiger partial charge in [0, 0.05) is 10.9 Å². The van der Waals surface area contributed by atoms with Gasteiger partial charge in [0.1, 0.15) is 17.9 Å². The van der Waals surface area contributed by atoms with Crippen LogP contribution in [-0.2, 0) is 5.41 Å². The lowest BCUT2D eigenvalue weighted by Crippen LogP contribution is -2.35. The summed E-state index contributed by atoms with van der Waals surface area (Å²) in [6.45, 7) is 6.83. The molecule has 0 amide bonds. The van der Waals surface area contributed by atoms with E-state index in [9.17, 15) is 28.6 Å². The van der Waals surface area contributed by atoms with Gasteiger partial charge >= 0.3 is 6.18 Å². The SMILES string of the molecule is Cc1cc(C)c(C(C)(C)CC(C(O)c2[nH]c3ccccc3c2C#N)C(F)(F)F)cc1O. The fourth-order valence-corrected chi connectivity index (χ4v) is 4.34. The fourth-order valence-electron chi connectivity index (χ4n) is 4.34. The van der Waals surface area contributed by atoms with E-state index in [-0.39, 0.29) is 17.0 Å².